The van der Waals surface area contributed by atoms with E-state index in [-0.39, 0.29) is 5.54 Å². The molecule has 1 saturated carbocycles. The number of likely N-dealkylation sites (N-methyl/N-ethyl adjacent to an activating group) is 1. The first-order valence-corrected chi connectivity index (χ1v) is 15.7. The predicted molar refractivity (Wildman–Crippen MR) is 171 cm³/mol. The van der Waals surface area contributed by atoms with Gasteiger partial charge in [-0.05, 0) is 50.2 Å². The molecule has 11 heteroatoms. The van der Waals surface area contributed by atoms with Crippen molar-refractivity contribution in [3.63, 3.8) is 0 Å². The van der Waals surface area contributed by atoms with Crippen LogP contribution in [0.3, 0.4) is 0 Å². The van der Waals surface area contributed by atoms with Crippen molar-refractivity contribution < 1.29 is 18.7 Å². The number of amides is 1. The lowest BCUT2D eigenvalue weighted by Gasteiger charge is -2.48. The van der Waals surface area contributed by atoms with Crippen LogP contribution in [0.4, 0.5) is 15.9 Å². The number of anilines is 2. The number of hydrogen-bond donors (Lipinski definition) is 0. The average molecular weight is 623 g/mol. The zero-order valence-corrected chi connectivity index (χ0v) is 26.3. The number of piperazine rings is 1. The van der Waals surface area contributed by atoms with Crippen molar-refractivity contribution in [3.8, 4) is 6.01 Å². The fourth-order valence-electron chi connectivity index (χ4n) is 6.75. The molecule has 1 saturated heterocycles. The molecular weight excluding hydrogens is 583 g/mol. The number of rotatable bonds is 10. The number of ether oxygens (including phenoxy) is 2. The summed E-state index contributed by atoms with van der Waals surface area (Å²) in [6.07, 6.45) is 4.20. The highest BCUT2D eigenvalue weighted by molar-refractivity contribution is 6.36. The topological polar surface area (TPSA) is 74.3 Å². The smallest absolute Gasteiger partial charge is 0.318 e. The summed E-state index contributed by atoms with van der Waals surface area (Å²) in [5.41, 5.74) is 3.15. The number of aromatic nitrogens is 2. The predicted octanol–water partition coefficient (Wildman–Crippen LogP) is 4.86. The van der Waals surface area contributed by atoms with Gasteiger partial charge in [-0.25, -0.2) is 4.39 Å². The molecule has 3 aromatic rings. The molecule has 0 bridgehead atoms. The average Bonchev–Trinajstić information content (AvgIpc) is 3.01. The van der Waals surface area contributed by atoms with Gasteiger partial charge in [-0.15, -0.1) is 0 Å². The van der Waals surface area contributed by atoms with Gasteiger partial charge < -0.3 is 24.2 Å². The molecule has 2 aliphatic heterocycles. The number of carbonyl (C=O) groups is 1. The first-order chi connectivity index (χ1) is 21.3. The zero-order valence-electron chi connectivity index (χ0n) is 25.5. The number of benzene rings is 2. The molecule has 0 atom stereocenters. The van der Waals surface area contributed by atoms with Crippen molar-refractivity contribution in [1.29, 1.82) is 0 Å². The monoisotopic (exact) mass is 622 g/mol. The minimum Gasteiger partial charge on any atom is -0.462 e. The van der Waals surface area contributed by atoms with Gasteiger partial charge in [-0.1, -0.05) is 42.4 Å². The third-order valence-corrected chi connectivity index (χ3v) is 9.77. The third kappa shape index (κ3) is 5.95. The lowest BCUT2D eigenvalue weighted by atomic mass is 9.76. The van der Waals surface area contributed by atoms with Crippen LogP contribution in [0.1, 0.15) is 30.5 Å². The number of hydrogen-bond acceptors (Lipinski definition) is 8. The van der Waals surface area contributed by atoms with Crippen LogP contribution in [0, 0.1) is 0 Å². The number of halogens is 2. The van der Waals surface area contributed by atoms with Crippen LogP contribution >= 0.6 is 11.6 Å². The summed E-state index contributed by atoms with van der Waals surface area (Å²) >= 11 is 6.69. The molecule has 9 nitrogen and oxygen atoms in total. The van der Waals surface area contributed by atoms with E-state index in [0.29, 0.717) is 51.9 Å². The van der Waals surface area contributed by atoms with Crippen LogP contribution in [0.15, 0.2) is 48.8 Å². The SMILES string of the molecule is C=C(F)C(=O)N1CCN(c2nc(OCCN(C)C3(COC)CCC3)nc3c2CCN(c2cccc4cccc(Cl)c24)C3)CC1. The van der Waals surface area contributed by atoms with Crippen molar-refractivity contribution in [2.75, 3.05) is 76.4 Å². The molecule has 0 N–H and O–H groups in total. The molecule has 1 aliphatic carbocycles. The minimum absolute atomic E-state index is 0.0717. The van der Waals surface area contributed by atoms with E-state index in [9.17, 15) is 9.18 Å². The van der Waals surface area contributed by atoms with Gasteiger partial charge in [-0.3, -0.25) is 9.69 Å². The Labute approximate surface area is 263 Å². The molecule has 44 heavy (non-hydrogen) atoms. The van der Waals surface area contributed by atoms with Gasteiger partial charge in [0.25, 0.3) is 5.91 Å². The Kier molecular flexibility index (Phi) is 8.94. The summed E-state index contributed by atoms with van der Waals surface area (Å²) in [5.74, 6) is -0.749. The third-order valence-electron chi connectivity index (χ3n) is 9.46. The Morgan fingerprint density at radius 2 is 1.84 bits per heavy atom. The maximum Gasteiger partial charge on any atom is 0.318 e. The van der Waals surface area contributed by atoms with Crippen molar-refractivity contribution in [2.45, 2.75) is 37.8 Å². The molecule has 2 aromatic carbocycles. The molecule has 2 fully saturated rings. The molecule has 0 spiro atoms. The maximum atomic E-state index is 13.5. The molecule has 6 rings (SSSR count). The van der Waals surface area contributed by atoms with E-state index >= 15 is 0 Å². The van der Waals surface area contributed by atoms with E-state index in [0.717, 1.165) is 70.9 Å². The van der Waals surface area contributed by atoms with Gasteiger partial charge >= 0.3 is 6.01 Å². The van der Waals surface area contributed by atoms with Gasteiger partial charge in [0.05, 0.1) is 23.9 Å². The summed E-state index contributed by atoms with van der Waals surface area (Å²) in [5, 5.41) is 2.85. The normalized spacial score (nSPS) is 17.9. The van der Waals surface area contributed by atoms with E-state index in [1.54, 1.807) is 7.11 Å². The molecule has 234 valence electrons. The van der Waals surface area contributed by atoms with Crippen molar-refractivity contribution >= 4 is 39.8 Å². The Morgan fingerprint density at radius 1 is 1.09 bits per heavy atom. The van der Waals surface area contributed by atoms with Gasteiger partial charge in [0.15, 0.2) is 5.83 Å². The van der Waals surface area contributed by atoms with Crippen molar-refractivity contribution in [3.05, 3.63) is 65.1 Å². The highest BCUT2D eigenvalue weighted by atomic mass is 35.5. The maximum absolute atomic E-state index is 13.5. The fourth-order valence-corrected chi connectivity index (χ4v) is 7.03. The van der Waals surface area contributed by atoms with Gasteiger partial charge in [0.2, 0.25) is 0 Å². The fraction of sp³-hybridized carbons (Fsp3) is 0.485. The van der Waals surface area contributed by atoms with Crippen LogP contribution in [0.5, 0.6) is 6.01 Å². The van der Waals surface area contributed by atoms with Crippen LogP contribution in [-0.2, 0) is 22.5 Å². The Balaban J connectivity index is 1.26. The molecule has 1 aromatic heterocycles. The van der Waals surface area contributed by atoms with Gasteiger partial charge in [-0.2, -0.15) is 9.97 Å². The second-order valence-electron chi connectivity index (χ2n) is 12.0. The lowest BCUT2D eigenvalue weighted by molar-refractivity contribution is -0.128. The molecule has 0 unspecified atom stereocenters. The molecule has 1 amide bonds. The standard InChI is InChI=1S/C33H40ClFN6O3/c1-23(35)31(42)40-17-15-39(16-18-40)30-25-11-14-41(28-10-5-8-24-7-4-9-26(34)29(24)28)21-27(25)36-32(37-30)44-20-19-38(2)33(22-43-3)12-6-13-33/h4-5,7-10H,1,6,11-22H2,2-3H3. The van der Waals surface area contributed by atoms with Crippen LogP contribution < -0.4 is 14.5 Å². The highest BCUT2D eigenvalue weighted by Gasteiger charge is 2.40. The van der Waals surface area contributed by atoms with Gasteiger partial charge in [0.1, 0.15) is 12.4 Å². The highest BCUT2D eigenvalue weighted by Crippen LogP contribution is 2.38. The summed E-state index contributed by atoms with van der Waals surface area (Å²) in [4.78, 5) is 30.4. The number of nitrogens with zero attached hydrogens (tertiary/aromatic N) is 6. The molecule has 3 heterocycles. The summed E-state index contributed by atoms with van der Waals surface area (Å²) in [6.45, 7) is 8.28. The first-order valence-electron chi connectivity index (χ1n) is 15.3. The number of fused-ring (bicyclic) bond motifs is 2. The zero-order chi connectivity index (χ0) is 30.8. The Hall–Kier alpha value is -3.47. The second-order valence-corrected chi connectivity index (χ2v) is 12.4. The van der Waals surface area contributed by atoms with E-state index in [1.807, 2.05) is 12.1 Å². The summed E-state index contributed by atoms with van der Waals surface area (Å²) in [6, 6.07) is 12.6. The lowest BCUT2D eigenvalue weighted by Crippen LogP contribution is -2.56. The van der Waals surface area contributed by atoms with E-state index in [4.69, 9.17) is 31.0 Å². The second kappa shape index (κ2) is 12.9. The van der Waals surface area contributed by atoms with E-state index in [2.05, 4.69) is 52.6 Å². The van der Waals surface area contributed by atoms with E-state index < -0.39 is 11.7 Å². The molecular formula is C33H40ClFN6O3. The van der Waals surface area contributed by atoms with Crippen LogP contribution in [-0.4, -0.2) is 97.9 Å². The summed E-state index contributed by atoms with van der Waals surface area (Å²) in [7, 11) is 3.88. The van der Waals surface area contributed by atoms with Crippen molar-refractivity contribution in [1.82, 2.24) is 19.8 Å². The Morgan fingerprint density at radius 3 is 2.52 bits per heavy atom. The first kappa shape index (κ1) is 30.6. The number of carbonyl (C=O) groups excluding carboxylic acids is 1. The largest absolute Gasteiger partial charge is 0.462 e. The molecule has 3 aliphatic rings. The van der Waals surface area contributed by atoms with Gasteiger partial charge in [0, 0.05) is 68.6 Å². The Bertz CT molecular complexity index is 1540. The van der Waals surface area contributed by atoms with Crippen LogP contribution in [0.2, 0.25) is 5.02 Å². The van der Waals surface area contributed by atoms with Crippen molar-refractivity contribution in [2.24, 2.45) is 0 Å². The minimum atomic E-state index is -0.929. The summed E-state index contributed by atoms with van der Waals surface area (Å²) < 4.78 is 25.3. The van der Waals surface area contributed by atoms with Crippen LogP contribution in [0.25, 0.3) is 10.8 Å². The number of methoxy groups -OCH3 is 1. The quantitative estimate of drug-likeness (QED) is 0.297. The molecule has 0 radical (unpaired) electrons. The van der Waals surface area contributed by atoms with E-state index in [1.165, 1.54) is 11.3 Å².